The Morgan fingerprint density at radius 3 is 1.14 bits per heavy atom. The summed E-state index contributed by atoms with van der Waals surface area (Å²) in [7, 11) is -1.59. The van der Waals surface area contributed by atoms with Crippen molar-refractivity contribution in [3.05, 3.63) is 12.2 Å². The molecule has 0 heterocycles. The summed E-state index contributed by atoms with van der Waals surface area (Å²) in [5.74, 6) is 0. The molecule has 14 heavy (non-hydrogen) atoms. The lowest BCUT2D eigenvalue weighted by Crippen LogP contribution is -2.18. The van der Waals surface area contributed by atoms with Crippen LogP contribution in [0, 0.1) is 0 Å². The molecule has 0 unspecified atom stereocenters. The smallest absolute Gasteiger partial charge is 0.0445 e. The summed E-state index contributed by atoms with van der Waals surface area (Å²) in [6.45, 7) is 14.7. The standard InChI is InChI=1S/C12H28Si2/c1-13(2,3)11-9-7-8-10-12-14(4,5)6/h7-8H,9-12H2,1-6H3. The zero-order chi connectivity index (χ0) is 11.2. The number of rotatable bonds is 6. The largest absolute Gasteiger partial charge is 0.0888 e. The van der Waals surface area contributed by atoms with Crippen LogP contribution in [0.2, 0.25) is 51.4 Å². The van der Waals surface area contributed by atoms with Gasteiger partial charge in [0, 0.05) is 16.1 Å². The van der Waals surface area contributed by atoms with Gasteiger partial charge < -0.3 is 0 Å². The van der Waals surface area contributed by atoms with Gasteiger partial charge in [0.25, 0.3) is 0 Å². The van der Waals surface area contributed by atoms with Gasteiger partial charge in [0.05, 0.1) is 0 Å². The summed E-state index contributed by atoms with van der Waals surface area (Å²) in [6, 6.07) is 2.88. The SMILES string of the molecule is C[Si](C)(C)CCC=CCC[Si](C)(C)C. The molecule has 0 atom stereocenters. The monoisotopic (exact) mass is 228 g/mol. The molecular formula is C12H28Si2. The maximum absolute atomic E-state index is 2.45. The zero-order valence-corrected chi connectivity index (χ0v) is 13.0. The van der Waals surface area contributed by atoms with Crippen molar-refractivity contribution in [2.45, 2.75) is 64.2 Å². The number of hydrogen-bond donors (Lipinski definition) is 0. The maximum Gasteiger partial charge on any atom is 0.0445 e. The number of hydrogen-bond acceptors (Lipinski definition) is 0. The first-order valence-corrected chi connectivity index (χ1v) is 13.3. The van der Waals surface area contributed by atoms with Gasteiger partial charge in [-0.2, -0.15) is 0 Å². The zero-order valence-electron chi connectivity index (χ0n) is 11.0. The van der Waals surface area contributed by atoms with Crippen LogP contribution in [0.5, 0.6) is 0 Å². The molecule has 0 fully saturated rings. The molecule has 0 aromatic rings. The Balaban J connectivity index is 3.47. The maximum atomic E-state index is 2.45. The van der Waals surface area contributed by atoms with Crippen molar-refractivity contribution in [1.82, 2.24) is 0 Å². The summed E-state index contributed by atoms with van der Waals surface area (Å²) in [6.07, 6.45) is 7.42. The van der Waals surface area contributed by atoms with Crippen molar-refractivity contribution < 1.29 is 0 Å². The van der Waals surface area contributed by atoms with Gasteiger partial charge in [-0.25, -0.2) is 0 Å². The van der Waals surface area contributed by atoms with Gasteiger partial charge in [-0.15, -0.1) is 0 Å². The van der Waals surface area contributed by atoms with E-state index >= 15 is 0 Å². The summed E-state index contributed by atoms with van der Waals surface area (Å²) in [4.78, 5) is 0. The molecule has 0 rings (SSSR count). The summed E-state index contributed by atoms with van der Waals surface area (Å²) >= 11 is 0. The van der Waals surface area contributed by atoms with Gasteiger partial charge in [-0.05, 0) is 12.8 Å². The fourth-order valence-corrected chi connectivity index (χ4v) is 3.33. The van der Waals surface area contributed by atoms with Crippen molar-refractivity contribution in [3.8, 4) is 0 Å². The third-order valence-corrected chi connectivity index (χ3v) is 5.87. The van der Waals surface area contributed by atoms with E-state index in [0.29, 0.717) is 0 Å². The molecule has 0 aliphatic rings. The Bertz CT molecular complexity index is 150. The van der Waals surface area contributed by atoms with Crippen molar-refractivity contribution in [1.29, 1.82) is 0 Å². The van der Waals surface area contributed by atoms with E-state index in [2.05, 4.69) is 51.4 Å². The van der Waals surface area contributed by atoms with E-state index in [1.54, 1.807) is 0 Å². The van der Waals surface area contributed by atoms with Crippen molar-refractivity contribution >= 4 is 16.1 Å². The number of allylic oxidation sites excluding steroid dienone is 2. The Hall–Kier alpha value is 0.174. The Labute approximate surface area is 92.8 Å². The minimum Gasteiger partial charge on any atom is -0.0888 e. The second kappa shape index (κ2) is 5.91. The fourth-order valence-electron chi connectivity index (χ4n) is 1.27. The Kier molecular flexibility index (Phi) is 5.98. The highest BCUT2D eigenvalue weighted by Gasteiger charge is 2.11. The molecule has 0 spiro atoms. The van der Waals surface area contributed by atoms with E-state index in [-0.39, 0.29) is 0 Å². The molecule has 0 nitrogen and oxygen atoms in total. The Morgan fingerprint density at radius 1 is 0.643 bits per heavy atom. The van der Waals surface area contributed by atoms with Crippen LogP contribution < -0.4 is 0 Å². The second-order valence-electron chi connectivity index (χ2n) is 6.67. The molecule has 0 aliphatic carbocycles. The van der Waals surface area contributed by atoms with Crippen LogP contribution in [0.4, 0.5) is 0 Å². The minimum atomic E-state index is -0.797. The van der Waals surface area contributed by atoms with Crippen LogP contribution in [-0.4, -0.2) is 16.1 Å². The molecule has 0 saturated carbocycles. The minimum absolute atomic E-state index is 0.797. The van der Waals surface area contributed by atoms with Crippen LogP contribution in [0.1, 0.15) is 12.8 Å². The molecule has 0 N–H and O–H groups in total. The molecule has 0 saturated heterocycles. The van der Waals surface area contributed by atoms with Gasteiger partial charge in [-0.1, -0.05) is 63.5 Å². The lowest BCUT2D eigenvalue weighted by atomic mass is 10.3. The molecule has 0 aromatic carbocycles. The third kappa shape index (κ3) is 12.2. The molecular weight excluding hydrogens is 200 g/mol. The molecule has 2 heteroatoms. The molecule has 0 bridgehead atoms. The van der Waals surface area contributed by atoms with E-state index < -0.39 is 16.1 Å². The first-order chi connectivity index (χ1) is 6.21. The van der Waals surface area contributed by atoms with E-state index in [1.165, 1.54) is 24.9 Å². The lowest BCUT2D eigenvalue weighted by Gasteiger charge is -2.14. The van der Waals surface area contributed by atoms with Crippen LogP contribution in [0.25, 0.3) is 0 Å². The van der Waals surface area contributed by atoms with Crippen molar-refractivity contribution in [3.63, 3.8) is 0 Å². The highest BCUT2D eigenvalue weighted by Crippen LogP contribution is 2.13. The molecule has 84 valence electrons. The van der Waals surface area contributed by atoms with Gasteiger partial charge >= 0.3 is 0 Å². The van der Waals surface area contributed by atoms with E-state index in [1.807, 2.05) is 0 Å². The molecule has 0 aromatic heterocycles. The predicted octanol–water partition coefficient (Wildman–Crippen LogP) is 5.00. The topological polar surface area (TPSA) is 0 Å². The first kappa shape index (κ1) is 14.2. The normalized spacial score (nSPS) is 13.9. The van der Waals surface area contributed by atoms with Gasteiger partial charge in [0.1, 0.15) is 0 Å². The van der Waals surface area contributed by atoms with Gasteiger partial charge in [0.2, 0.25) is 0 Å². The van der Waals surface area contributed by atoms with E-state index in [9.17, 15) is 0 Å². The van der Waals surface area contributed by atoms with Crippen molar-refractivity contribution in [2.24, 2.45) is 0 Å². The van der Waals surface area contributed by atoms with Crippen molar-refractivity contribution in [2.75, 3.05) is 0 Å². The molecule has 0 aliphatic heterocycles. The van der Waals surface area contributed by atoms with Crippen LogP contribution in [-0.2, 0) is 0 Å². The lowest BCUT2D eigenvalue weighted by molar-refractivity contribution is 1.10. The quantitative estimate of drug-likeness (QED) is 0.443. The van der Waals surface area contributed by atoms with E-state index in [0.717, 1.165) is 0 Å². The summed E-state index contributed by atoms with van der Waals surface area (Å²) < 4.78 is 0. The molecule has 0 radical (unpaired) electrons. The summed E-state index contributed by atoms with van der Waals surface area (Å²) in [5.41, 5.74) is 0. The molecule has 0 amide bonds. The average Bonchev–Trinajstić information content (AvgIpc) is 1.92. The van der Waals surface area contributed by atoms with Gasteiger partial charge in [0.15, 0.2) is 0 Å². The Morgan fingerprint density at radius 2 is 0.929 bits per heavy atom. The third-order valence-electron chi connectivity index (χ3n) is 2.29. The predicted molar refractivity (Wildman–Crippen MR) is 74.7 cm³/mol. The van der Waals surface area contributed by atoms with Crippen LogP contribution in [0.15, 0.2) is 12.2 Å². The van der Waals surface area contributed by atoms with E-state index in [4.69, 9.17) is 0 Å². The van der Waals surface area contributed by atoms with Gasteiger partial charge in [-0.3, -0.25) is 0 Å². The van der Waals surface area contributed by atoms with Crippen LogP contribution >= 0.6 is 0 Å². The average molecular weight is 229 g/mol. The first-order valence-electron chi connectivity index (χ1n) is 5.86. The highest BCUT2D eigenvalue weighted by atomic mass is 28.3. The van der Waals surface area contributed by atoms with Crippen LogP contribution in [0.3, 0.4) is 0 Å². The summed E-state index contributed by atoms with van der Waals surface area (Å²) in [5, 5.41) is 0. The fraction of sp³-hybridized carbons (Fsp3) is 0.833. The second-order valence-corrected chi connectivity index (χ2v) is 17.9. The highest BCUT2D eigenvalue weighted by molar-refractivity contribution is 6.76.